The Labute approximate surface area is 131 Å². The van der Waals surface area contributed by atoms with Gasteiger partial charge in [-0.3, -0.25) is 9.59 Å². The number of hydrogen-bond donors (Lipinski definition) is 2. The van der Waals surface area contributed by atoms with Crippen LogP contribution >= 0.6 is 0 Å². The van der Waals surface area contributed by atoms with Gasteiger partial charge in [0.15, 0.2) is 15.6 Å². The molecule has 3 rings (SSSR count). The van der Waals surface area contributed by atoms with Gasteiger partial charge >= 0.3 is 0 Å². The van der Waals surface area contributed by atoms with Crippen molar-refractivity contribution in [1.29, 1.82) is 0 Å². The second-order valence-electron chi connectivity index (χ2n) is 5.26. The van der Waals surface area contributed by atoms with Crippen LogP contribution in [0.25, 0.3) is 11.5 Å². The van der Waals surface area contributed by atoms with Crippen LogP contribution in [-0.2, 0) is 9.84 Å². The number of amides is 1. The van der Waals surface area contributed by atoms with E-state index in [-0.39, 0.29) is 11.3 Å². The molecule has 0 unspecified atom stereocenters. The zero-order valence-corrected chi connectivity index (χ0v) is 13.0. The molecule has 120 valence electrons. The summed E-state index contributed by atoms with van der Waals surface area (Å²) < 4.78 is 28.0. The molecule has 1 aliphatic heterocycles. The molecular weight excluding hydrogens is 320 g/mol. The second kappa shape index (κ2) is 5.54. The lowest BCUT2D eigenvalue weighted by molar-refractivity contribution is 0.0946. The summed E-state index contributed by atoms with van der Waals surface area (Å²) in [6, 6.07) is 5.80. The third-order valence-electron chi connectivity index (χ3n) is 3.41. The SMILES string of the molecule is Cc1ccc(-c2ccc(C(=O)N[C@@H]3C=CS(=O)(=O)C3)c(=O)[nH]2)o1. The zero-order valence-electron chi connectivity index (χ0n) is 12.2. The topological polar surface area (TPSA) is 109 Å². The number of nitrogens with one attached hydrogen (secondary N) is 2. The molecule has 2 aromatic rings. The number of rotatable bonds is 3. The molecule has 0 aromatic carbocycles. The van der Waals surface area contributed by atoms with Crippen LogP contribution in [0.5, 0.6) is 0 Å². The highest BCUT2D eigenvalue weighted by Crippen LogP contribution is 2.18. The Morgan fingerprint density at radius 3 is 2.65 bits per heavy atom. The number of aryl methyl sites for hydroxylation is 1. The Morgan fingerprint density at radius 2 is 2.09 bits per heavy atom. The first-order chi connectivity index (χ1) is 10.8. The number of carbonyl (C=O) groups excluding carboxylic acids is 1. The highest BCUT2D eigenvalue weighted by molar-refractivity contribution is 7.94. The zero-order chi connectivity index (χ0) is 16.6. The maximum Gasteiger partial charge on any atom is 0.261 e. The molecule has 2 N–H and O–H groups in total. The largest absolute Gasteiger partial charge is 0.460 e. The maximum atomic E-state index is 12.1. The lowest BCUT2D eigenvalue weighted by atomic mass is 10.2. The summed E-state index contributed by atoms with van der Waals surface area (Å²) in [5, 5.41) is 3.57. The van der Waals surface area contributed by atoms with E-state index in [4.69, 9.17) is 4.42 Å². The average Bonchev–Trinajstić information content (AvgIpc) is 3.04. The molecule has 1 aliphatic rings. The van der Waals surface area contributed by atoms with Gasteiger partial charge in [0, 0.05) is 5.41 Å². The summed E-state index contributed by atoms with van der Waals surface area (Å²) in [5.41, 5.74) is -0.198. The first-order valence-electron chi connectivity index (χ1n) is 6.86. The Hall–Kier alpha value is -2.61. The number of hydrogen-bond acceptors (Lipinski definition) is 5. The van der Waals surface area contributed by atoms with Gasteiger partial charge in [-0.05, 0) is 37.3 Å². The standard InChI is InChI=1S/C15H14N2O5S/c1-9-2-5-13(22-9)12-4-3-11(15(19)17-12)14(18)16-10-6-7-23(20,21)8-10/h2-7,10H,8H2,1H3,(H,16,18)(H,17,19)/t10-/m1/s1. The van der Waals surface area contributed by atoms with E-state index in [0.29, 0.717) is 17.2 Å². The fraction of sp³-hybridized carbons (Fsp3) is 0.200. The minimum absolute atomic E-state index is 0.0882. The highest BCUT2D eigenvalue weighted by Gasteiger charge is 2.24. The van der Waals surface area contributed by atoms with E-state index >= 15 is 0 Å². The van der Waals surface area contributed by atoms with Crippen LogP contribution in [0.15, 0.2) is 45.0 Å². The van der Waals surface area contributed by atoms with Crippen LogP contribution in [0, 0.1) is 6.92 Å². The summed E-state index contributed by atoms with van der Waals surface area (Å²) in [7, 11) is -3.27. The molecule has 0 bridgehead atoms. The molecule has 23 heavy (non-hydrogen) atoms. The number of aromatic amines is 1. The minimum atomic E-state index is -3.27. The number of H-pyrrole nitrogens is 1. The summed E-state index contributed by atoms with van der Waals surface area (Å²) in [6.07, 6.45) is 1.39. The first kappa shape index (κ1) is 15.3. The lowest BCUT2D eigenvalue weighted by Crippen LogP contribution is -2.38. The van der Waals surface area contributed by atoms with Gasteiger partial charge in [-0.2, -0.15) is 0 Å². The van der Waals surface area contributed by atoms with Crippen molar-refractivity contribution >= 4 is 15.7 Å². The van der Waals surface area contributed by atoms with Crippen LogP contribution in [0.3, 0.4) is 0 Å². The molecule has 7 nitrogen and oxygen atoms in total. The van der Waals surface area contributed by atoms with Gasteiger partial charge in [-0.15, -0.1) is 0 Å². The van der Waals surface area contributed by atoms with Crippen LogP contribution < -0.4 is 10.9 Å². The Kier molecular flexibility index (Phi) is 3.69. The number of sulfone groups is 1. The molecule has 0 spiro atoms. The average molecular weight is 334 g/mol. The van der Waals surface area contributed by atoms with E-state index < -0.39 is 27.3 Å². The Morgan fingerprint density at radius 1 is 1.30 bits per heavy atom. The monoisotopic (exact) mass is 334 g/mol. The molecule has 1 amide bonds. The number of aromatic nitrogens is 1. The molecule has 0 fully saturated rings. The molecule has 0 saturated heterocycles. The summed E-state index contributed by atoms with van der Waals surface area (Å²) in [5.74, 6) is 0.383. The van der Waals surface area contributed by atoms with Crippen molar-refractivity contribution in [2.24, 2.45) is 0 Å². The van der Waals surface area contributed by atoms with Crippen LogP contribution in [0.4, 0.5) is 0 Å². The second-order valence-corrected chi connectivity index (χ2v) is 7.19. The van der Waals surface area contributed by atoms with Crippen LogP contribution in [-0.4, -0.2) is 31.1 Å². The van der Waals surface area contributed by atoms with Crippen molar-refractivity contribution in [1.82, 2.24) is 10.3 Å². The van der Waals surface area contributed by atoms with Crippen molar-refractivity contribution in [2.75, 3.05) is 5.75 Å². The number of pyridine rings is 1. The van der Waals surface area contributed by atoms with E-state index in [1.165, 1.54) is 12.1 Å². The highest BCUT2D eigenvalue weighted by atomic mass is 32.2. The predicted octanol–water partition coefficient (Wildman–Crippen LogP) is 0.984. The van der Waals surface area contributed by atoms with Crippen LogP contribution in [0.2, 0.25) is 0 Å². The van der Waals surface area contributed by atoms with Crippen LogP contribution in [0.1, 0.15) is 16.1 Å². The fourth-order valence-corrected chi connectivity index (χ4v) is 3.52. The smallest absolute Gasteiger partial charge is 0.261 e. The number of carbonyl (C=O) groups is 1. The van der Waals surface area contributed by atoms with Crippen molar-refractivity contribution in [3.63, 3.8) is 0 Å². The van der Waals surface area contributed by atoms with Gasteiger partial charge in [-0.25, -0.2) is 8.42 Å². The van der Waals surface area contributed by atoms with Gasteiger partial charge in [0.25, 0.3) is 11.5 Å². The molecule has 0 aliphatic carbocycles. The van der Waals surface area contributed by atoms with E-state index in [9.17, 15) is 18.0 Å². The molecule has 0 saturated carbocycles. The first-order valence-corrected chi connectivity index (χ1v) is 8.57. The lowest BCUT2D eigenvalue weighted by Gasteiger charge is -2.09. The predicted molar refractivity (Wildman–Crippen MR) is 83.7 cm³/mol. The minimum Gasteiger partial charge on any atom is -0.460 e. The molecule has 2 aromatic heterocycles. The molecular formula is C15H14N2O5S. The van der Waals surface area contributed by atoms with Crippen molar-refractivity contribution in [3.05, 3.63) is 57.4 Å². The Balaban J connectivity index is 1.80. The van der Waals surface area contributed by atoms with Gasteiger partial charge in [-0.1, -0.05) is 0 Å². The summed E-state index contributed by atoms with van der Waals surface area (Å²) in [6.45, 7) is 1.78. The van der Waals surface area contributed by atoms with E-state index in [0.717, 1.165) is 5.41 Å². The normalized spacial score (nSPS) is 18.9. The van der Waals surface area contributed by atoms with Crippen molar-refractivity contribution < 1.29 is 17.6 Å². The van der Waals surface area contributed by atoms with Crippen molar-refractivity contribution in [2.45, 2.75) is 13.0 Å². The number of furan rings is 1. The molecule has 0 radical (unpaired) electrons. The molecule has 3 heterocycles. The van der Waals surface area contributed by atoms with Gasteiger partial charge in [0.2, 0.25) is 0 Å². The fourth-order valence-electron chi connectivity index (χ4n) is 2.29. The summed E-state index contributed by atoms with van der Waals surface area (Å²) >= 11 is 0. The van der Waals surface area contributed by atoms with Crippen molar-refractivity contribution in [3.8, 4) is 11.5 Å². The van der Waals surface area contributed by atoms with Gasteiger partial charge < -0.3 is 14.7 Å². The molecule has 1 atom stereocenters. The van der Waals surface area contributed by atoms with E-state index in [1.807, 2.05) is 0 Å². The summed E-state index contributed by atoms with van der Waals surface area (Å²) in [4.78, 5) is 26.8. The quantitative estimate of drug-likeness (QED) is 0.870. The van der Waals surface area contributed by atoms with E-state index in [1.54, 1.807) is 25.1 Å². The third-order valence-corrected chi connectivity index (χ3v) is 4.80. The maximum absolute atomic E-state index is 12.1. The van der Waals surface area contributed by atoms with E-state index in [2.05, 4.69) is 10.3 Å². The Bertz CT molecular complexity index is 952. The molecule has 8 heteroatoms. The van der Waals surface area contributed by atoms with Gasteiger partial charge in [0.1, 0.15) is 11.3 Å². The third kappa shape index (κ3) is 3.26. The van der Waals surface area contributed by atoms with Gasteiger partial charge in [0.05, 0.1) is 17.5 Å².